The number of carbonyl (C=O) groups is 1. The van der Waals surface area contributed by atoms with E-state index in [1.54, 1.807) is 48.5 Å². The van der Waals surface area contributed by atoms with Gasteiger partial charge in [0.1, 0.15) is 5.52 Å². The molecule has 0 fully saturated rings. The van der Waals surface area contributed by atoms with Crippen molar-refractivity contribution in [1.82, 2.24) is 4.98 Å². The highest BCUT2D eigenvalue weighted by molar-refractivity contribution is 6.33. The number of aromatic nitrogens is 1. The van der Waals surface area contributed by atoms with Crippen LogP contribution in [0.4, 0.5) is 5.69 Å². The number of hydrogen-bond donors (Lipinski definition) is 1. The van der Waals surface area contributed by atoms with Crippen LogP contribution in [0.3, 0.4) is 0 Å². The molecule has 4 nitrogen and oxygen atoms in total. The molecule has 4 aromatic rings. The van der Waals surface area contributed by atoms with Gasteiger partial charge < -0.3 is 9.73 Å². The van der Waals surface area contributed by atoms with Crippen molar-refractivity contribution in [2.24, 2.45) is 0 Å². The fourth-order valence-corrected chi connectivity index (χ4v) is 2.99. The Balaban J connectivity index is 1.64. The zero-order valence-corrected chi connectivity index (χ0v) is 14.9. The van der Waals surface area contributed by atoms with Crippen molar-refractivity contribution in [2.45, 2.75) is 0 Å². The minimum absolute atomic E-state index is 0.252. The second-order valence-corrected chi connectivity index (χ2v) is 6.49. The fraction of sp³-hybridized carbons (Fsp3) is 0. The summed E-state index contributed by atoms with van der Waals surface area (Å²) in [7, 11) is 0. The molecule has 0 aliphatic carbocycles. The third-order valence-corrected chi connectivity index (χ3v) is 4.40. The lowest BCUT2D eigenvalue weighted by atomic mass is 10.2. The molecule has 0 saturated carbocycles. The number of rotatable bonds is 3. The maximum Gasteiger partial charge on any atom is 0.255 e. The summed E-state index contributed by atoms with van der Waals surface area (Å²) in [4.78, 5) is 16.8. The summed E-state index contributed by atoms with van der Waals surface area (Å²) < 4.78 is 5.81. The smallest absolute Gasteiger partial charge is 0.255 e. The van der Waals surface area contributed by atoms with Crippen LogP contribution in [0.25, 0.3) is 22.6 Å². The molecule has 4 rings (SSSR count). The van der Waals surface area contributed by atoms with Gasteiger partial charge in [-0.05, 0) is 42.5 Å². The van der Waals surface area contributed by atoms with Crippen LogP contribution in [0.1, 0.15) is 10.4 Å². The average molecular weight is 383 g/mol. The molecule has 0 aliphatic rings. The lowest BCUT2D eigenvalue weighted by molar-refractivity contribution is 0.102. The Bertz CT molecular complexity index is 1120. The summed E-state index contributed by atoms with van der Waals surface area (Å²) in [6.07, 6.45) is 0. The van der Waals surface area contributed by atoms with E-state index in [9.17, 15) is 4.79 Å². The fourth-order valence-electron chi connectivity index (χ4n) is 2.59. The second kappa shape index (κ2) is 6.83. The van der Waals surface area contributed by atoms with Crippen LogP contribution in [0.15, 0.2) is 71.1 Å². The molecule has 1 heterocycles. The van der Waals surface area contributed by atoms with Gasteiger partial charge in [0.05, 0.1) is 10.6 Å². The third kappa shape index (κ3) is 3.29. The van der Waals surface area contributed by atoms with Gasteiger partial charge in [-0.15, -0.1) is 0 Å². The number of amides is 1. The zero-order valence-electron chi connectivity index (χ0n) is 13.4. The third-order valence-electron chi connectivity index (χ3n) is 3.84. The van der Waals surface area contributed by atoms with E-state index in [1.165, 1.54) is 0 Å². The molecule has 1 N–H and O–H groups in total. The molecule has 0 radical (unpaired) electrons. The van der Waals surface area contributed by atoms with Crippen LogP contribution in [-0.4, -0.2) is 10.9 Å². The van der Waals surface area contributed by atoms with Gasteiger partial charge in [0.15, 0.2) is 5.58 Å². The molecule has 0 saturated heterocycles. The topological polar surface area (TPSA) is 55.1 Å². The van der Waals surface area contributed by atoms with Crippen molar-refractivity contribution in [3.05, 3.63) is 82.3 Å². The Morgan fingerprint density at radius 2 is 1.81 bits per heavy atom. The lowest BCUT2D eigenvalue weighted by Crippen LogP contribution is -2.11. The SMILES string of the molecule is O=C(Nc1ccc2nc(-c3ccccc3Cl)oc2c1)c1cccc(Cl)c1. The van der Waals surface area contributed by atoms with Gasteiger partial charge >= 0.3 is 0 Å². The number of hydrogen-bond acceptors (Lipinski definition) is 3. The predicted molar refractivity (Wildman–Crippen MR) is 104 cm³/mol. The maximum absolute atomic E-state index is 12.3. The molecular weight excluding hydrogens is 371 g/mol. The normalized spacial score (nSPS) is 10.8. The number of benzene rings is 3. The van der Waals surface area contributed by atoms with E-state index in [4.69, 9.17) is 27.6 Å². The first kappa shape index (κ1) is 16.6. The number of anilines is 1. The van der Waals surface area contributed by atoms with Gasteiger partial charge in [-0.1, -0.05) is 41.4 Å². The summed E-state index contributed by atoms with van der Waals surface area (Å²) in [5.74, 6) is 0.182. The molecule has 3 aromatic carbocycles. The average Bonchev–Trinajstić information content (AvgIpc) is 3.05. The number of fused-ring (bicyclic) bond motifs is 1. The number of halogens is 2. The Hall–Kier alpha value is -2.82. The van der Waals surface area contributed by atoms with E-state index < -0.39 is 0 Å². The Kier molecular flexibility index (Phi) is 4.37. The Labute approximate surface area is 159 Å². The van der Waals surface area contributed by atoms with Crippen LogP contribution < -0.4 is 5.32 Å². The number of oxazole rings is 1. The first-order valence-corrected chi connectivity index (χ1v) is 8.58. The summed E-state index contributed by atoms with van der Waals surface area (Å²) in [6, 6.07) is 19.4. The molecule has 0 unspecified atom stereocenters. The van der Waals surface area contributed by atoms with Gasteiger partial charge in [-0.25, -0.2) is 4.98 Å². The van der Waals surface area contributed by atoms with Gasteiger partial charge in [-0.2, -0.15) is 0 Å². The van der Waals surface area contributed by atoms with E-state index in [0.29, 0.717) is 38.3 Å². The van der Waals surface area contributed by atoms with Crippen LogP contribution in [0.5, 0.6) is 0 Å². The standard InChI is InChI=1S/C20H12Cl2N2O2/c21-13-5-3-4-12(10-13)19(25)23-14-8-9-17-18(11-14)26-20(24-17)15-6-1-2-7-16(15)22/h1-11H,(H,23,25). The highest BCUT2D eigenvalue weighted by atomic mass is 35.5. The van der Waals surface area contributed by atoms with Crippen molar-refractivity contribution < 1.29 is 9.21 Å². The second-order valence-electron chi connectivity index (χ2n) is 5.65. The Morgan fingerprint density at radius 3 is 2.62 bits per heavy atom. The molecular formula is C20H12Cl2N2O2. The molecule has 26 heavy (non-hydrogen) atoms. The van der Waals surface area contributed by atoms with Gasteiger partial charge in [-0.3, -0.25) is 4.79 Å². The van der Waals surface area contributed by atoms with Crippen molar-refractivity contribution in [3.63, 3.8) is 0 Å². The maximum atomic E-state index is 12.3. The summed E-state index contributed by atoms with van der Waals surface area (Å²) >= 11 is 12.1. The molecule has 128 valence electrons. The quantitative estimate of drug-likeness (QED) is 0.468. The van der Waals surface area contributed by atoms with E-state index in [1.807, 2.05) is 18.2 Å². The molecule has 0 aliphatic heterocycles. The summed E-state index contributed by atoms with van der Waals surface area (Å²) in [5.41, 5.74) is 3.04. The molecule has 0 atom stereocenters. The number of carbonyl (C=O) groups excluding carboxylic acids is 1. The first-order chi connectivity index (χ1) is 12.6. The summed E-state index contributed by atoms with van der Waals surface area (Å²) in [6.45, 7) is 0. The van der Waals surface area contributed by atoms with Gasteiger partial charge in [0.25, 0.3) is 5.91 Å². The monoisotopic (exact) mass is 382 g/mol. The number of nitrogens with zero attached hydrogens (tertiary/aromatic N) is 1. The minimum atomic E-state index is -0.252. The largest absolute Gasteiger partial charge is 0.436 e. The molecule has 0 spiro atoms. The van der Waals surface area contributed by atoms with Crippen LogP contribution in [0, 0.1) is 0 Å². The zero-order chi connectivity index (χ0) is 18.1. The van der Waals surface area contributed by atoms with Gasteiger partial charge in [0.2, 0.25) is 5.89 Å². The van der Waals surface area contributed by atoms with E-state index in [0.717, 1.165) is 5.56 Å². The molecule has 6 heteroatoms. The molecule has 1 amide bonds. The molecule has 0 bridgehead atoms. The first-order valence-electron chi connectivity index (χ1n) is 7.82. The van der Waals surface area contributed by atoms with Crippen molar-refractivity contribution in [3.8, 4) is 11.5 Å². The van der Waals surface area contributed by atoms with Crippen molar-refractivity contribution >= 4 is 45.9 Å². The lowest BCUT2D eigenvalue weighted by Gasteiger charge is -2.05. The van der Waals surface area contributed by atoms with Crippen LogP contribution in [-0.2, 0) is 0 Å². The van der Waals surface area contributed by atoms with E-state index in [-0.39, 0.29) is 5.91 Å². The van der Waals surface area contributed by atoms with Crippen molar-refractivity contribution in [2.75, 3.05) is 5.32 Å². The van der Waals surface area contributed by atoms with E-state index in [2.05, 4.69) is 10.3 Å². The van der Waals surface area contributed by atoms with Crippen molar-refractivity contribution in [1.29, 1.82) is 0 Å². The highest BCUT2D eigenvalue weighted by Gasteiger charge is 2.13. The van der Waals surface area contributed by atoms with E-state index >= 15 is 0 Å². The number of nitrogens with one attached hydrogen (secondary N) is 1. The predicted octanol–water partition coefficient (Wildman–Crippen LogP) is 6.05. The van der Waals surface area contributed by atoms with Crippen LogP contribution >= 0.6 is 23.2 Å². The summed E-state index contributed by atoms with van der Waals surface area (Å²) in [5, 5.41) is 3.90. The van der Waals surface area contributed by atoms with Crippen LogP contribution in [0.2, 0.25) is 10.0 Å². The highest BCUT2D eigenvalue weighted by Crippen LogP contribution is 2.30. The van der Waals surface area contributed by atoms with Gasteiger partial charge in [0, 0.05) is 22.3 Å². The molecule has 1 aromatic heterocycles. The Morgan fingerprint density at radius 1 is 0.962 bits per heavy atom. The minimum Gasteiger partial charge on any atom is -0.436 e.